The van der Waals surface area contributed by atoms with Crippen LogP contribution in [0.25, 0.3) is 11.0 Å². The number of para-hydroxylation sites is 2. The van der Waals surface area contributed by atoms with E-state index in [1.54, 1.807) is 0 Å². The van der Waals surface area contributed by atoms with Crippen LogP contribution in [0.1, 0.15) is 39.6 Å². The van der Waals surface area contributed by atoms with Gasteiger partial charge in [-0.15, -0.1) is 0 Å². The standard InChI is InChI=1S/C16H23N3O/c1-11(2)16(20)17-10-9-15-18-13-7-5-6-8-14(13)19(15)12(3)4/h5-8,11-12H,9-10H2,1-4H3,(H,17,20). The third-order valence-corrected chi connectivity index (χ3v) is 3.36. The van der Waals surface area contributed by atoms with E-state index in [0.717, 1.165) is 23.3 Å². The van der Waals surface area contributed by atoms with Crippen molar-refractivity contribution in [3.63, 3.8) is 0 Å². The maximum Gasteiger partial charge on any atom is 0.222 e. The topological polar surface area (TPSA) is 46.9 Å². The summed E-state index contributed by atoms with van der Waals surface area (Å²) in [5.74, 6) is 1.15. The van der Waals surface area contributed by atoms with Crippen molar-refractivity contribution in [3.8, 4) is 0 Å². The Balaban J connectivity index is 2.17. The van der Waals surface area contributed by atoms with E-state index in [-0.39, 0.29) is 11.8 Å². The van der Waals surface area contributed by atoms with Gasteiger partial charge in [0.15, 0.2) is 0 Å². The third kappa shape index (κ3) is 3.00. The number of hydrogen-bond donors (Lipinski definition) is 1. The zero-order valence-electron chi connectivity index (χ0n) is 12.7. The average Bonchev–Trinajstić information content (AvgIpc) is 2.76. The summed E-state index contributed by atoms with van der Waals surface area (Å²) in [7, 11) is 0. The Morgan fingerprint density at radius 3 is 2.60 bits per heavy atom. The molecule has 0 aliphatic rings. The molecule has 1 aromatic heterocycles. The molecule has 0 radical (unpaired) electrons. The molecular weight excluding hydrogens is 250 g/mol. The molecule has 0 saturated heterocycles. The zero-order chi connectivity index (χ0) is 14.7. The highest BCUT2D eigenvalue weighted by Crippen LogP contribution is 2.20. The Bertz CT molecular complexity index is 599. The van der Waals surface area contributed by atoms with Crippen LogP contribution in [-0.4, -0.2) is 22.0 Å². The Labute approximate surface area is 120 Å². The summed E-state index contributed by atoms with van der Waals surface area (Å²) in [6.07, 6.45) is 0.755. The molecule has 4 nitrogen and oxygen atoms in total. The first-order chi connectivity index (χ1) is 9.50. The summed E-state index contributed by atoms with van der Waals surface area (Å²) in [4.78, 5) is 16.3. The molecule has 1 N–H and O–H groups in total. The third-order valence-electron chi connectivity index (χ3n) is 3.36. The van der Waals surface area contributed by atoms with Gasteiger partial charge in [0.1, 0.15) is 5.82 Å². The number of amides is 1. The van der Waals surface area contributed by atoms with Gasteiger partial charge < -0.3 is 9.88 Å². The molecule has 20 heavy (non-hydrogen) atoms. The SMILES string of the molecule is CC(C)C(=O)NCCc1nc2ccccc2n1C(C)C. The summed E-state index contributed by atoms with van der Waals surface area (Å²) in [5, 5.41) is 2.95. The molecule has 1 aromatic carbocycles. The van der Waals surface area contributed by atoms with Crippen LogP contribution in [0.4, 0.5) is 0 Å². The highest BCUT2D eigenvalue weighted by Gasteiger charge is 2.13. The van der Waals surface area contributed by atoms with Crippen LogP contribution in [0.15, 0.2) is 24.3 Å². The van der Waals surface area contributed by atoms with E-state index in [2.05, 4.69) is 34.8 Å². The second-order valence-electron chi connectivity index (χ2n) is 5.68. The summed E-state index contributed by atoms with van der Waals surface area (Å²) < 4.78 is 2.25. The van der Waals surface area contributed by atoms with Gasteiger partial charge in [0.2, 0.25) is 5.91 Å². The Morgan fingerprint density at radius 1 is 1.25 bits per heavy atom. The summed E-state index contributed by atoms with van der Waals surface area (Å²) in [6.45, 7) is 8.75. The van der Waals surface area contributed by atoms with Crippen molar-refractivity contribution in [1.82, 2.24) is 14.9 Å². The second-order valence-corrected chi connectivity index (χ2v) is 5.68. The van der Waals surface area contributed by atoms with Crippen LogP contribution in [0.2, 0.25) is 0 Å². The van der Waals surface area contributed by atoms with Gasteiger partial charge in [0.05, 0.1) is 11.0 Å². The van der Waals surface area contributed by atoms with E-state index in [1.165, 1.54) is 0 Å². The number of rotatable bonds is 5. The van der Waals surface area contributed by atoms with Crippen molar-refractivity contribution in [1.29, 1.82) is 0 Å². The normalized spacial score (nSPS) is 11.5. The lowest BCUT2D eigenvalue weighted by Crippen LogP contribution is -2.30. The molecule has 0 fully saturated rings. The minimum Gasteiger partial charge on any atom is -0.355 e. The van der Waals surface area contributed by atoms with E-state index in [9.17, 15) is 4.79 Å². The first kappa shape index (κ1) is 14.6. The number of nitrogens with one attached hydrogen (secondary N) is 1. The molecule has 0 spiro atoms. The second kappa shape index (κ2) is 6.07. The van der Waals surface area contributed by atoms with Crippen molar-refractivity contribution in [3.05, 3.63) is 30.1 Å². The van der Waals surface area contributed by atoms with E-state index in [1.807, 2.05) is 32.0 Å². The fourth-order valence-corrected chi connectivity index (χ4v) is 2.35. The van der Waals surface area contributed by atoms with Crippen LogP contribution in [0.3, 0.4) is 0 Å². The maximum atomic E-state index is 11.6. The quantitative estimate of drug-likeness (QED) is 0.910. The molecule has 2 rings (SSSR count). The van der Waals surface area contributed by atoms with Crippen molar-refractivity contribution in [2.75, 3.05) is 6.54 Å². The van der Waals surface area contributed by atoms with E-state index < -0.39 is 0 Å². The number of nitrogens with zero attached hydrogens (tertiary/aromatic N) is 2. The number of carbonyl (C=O) groups is 1. The highest BCUT2D eigenvalue weighted by molar-refractivity contribution is 5.78. The van der Waals surface area contributed by atoms with E-state index in [4.69, 9.17) is 0 Å². The van der Waals surface area contributed by atoms with Gasteiger partial charge in [0.25, 0.3) is 0 Å². The smallest absolute Gasteiger partial charge is 0.222 e. The van der Waals surface area contributed by atoms with Crippen LogP contribution in [0, 0.1) is 5.92 Å². The van der Waals surface area contributed by atoms with Crippen molar-refractivity contribution >= 4 is 16.9 Å². The minimum atomic E-state index is 0.0268. The number of benzene rings is 1. The van der Waals surface area contributed by atoms with Crippen molar-refractivity contribution in [2.45, 2.75) is 40.2 Å². The van der Waals surface area contributed by atoms with Gasteiger partial charge in [-0.1, -0.05) is 26.0 Å². The largest absolute Gasteiger partial charge is 0.355 e. The molecule has 1 amide bonds. The van der Waals surface area contributed by atoms with E-state index in [0.29, 0.717) is 12.6 Å². The number of hydrogen-bond acceptors (Lipinski definition) is 2. The number of imidazole rings is 1. The van der Waals surface area contributed by atoms with Crippen molar-refractivity contribution in [2.24, 2.45) is 5.92 Å². The van der Waals surface area contributed by atoms with Gasteiger partial charge in [0, 0.05) is 24.9 Å². The first-order valence-electron chi connectivity index (χ1n) is 7.24. The number of aromatic nitrogens is 2. The molecular formula is C16H23N3O. The molecule has 1 heterocycles. The number of fused-ring (bicyclic) bond motifs is 1. The van der Waals surface area contributed by atoms with Crippen LogP contribution in [0.5, 0.6) is 0 Å². The Hall–Kier alpha value is -1.84. The molecule has 0 atom stereocenters. The maximum absolute atomic E-state index is 11.6. The molecule has 2 aromatic rings. The van der Waals surface area contributed by atoms with Crippen molar-refractivity contribution < 1.29 is 4.79 Å². The minimum absolute atomic E-state index is 0.0268. The molecule has 0 aliphatic carbocycles. The lowest BCUT2D eigenvalue weighted by molar-refractivity contribution is -0.123. The van der Waals surface area contributed by atoms with Crippen LogP contribution >= 0.6 is 0 Å². The lowest BCUT2D eigenvalue weighted by atomic mass is 10.2. The molecule has 0 saturated carbocycles. The first-order valence-corrected chi connectivity index (χ1v) is 7.24. The molecule has 0 aliphatic heterocycles. The van der Waals surface area contributed by atoms with Gasteiger partial charge in [-0.3, -0.25) is 4.79 Å². The van der Waals surface area contributed by atoms with Crippen LogP contribution < -0.4 is 5.32 Å². The number of carbonyl (C=O) groups excluding carboxylic acids is 1. The Kier molecular flexibility index (Phi) is 4.42. The molecule has 4 heteroatoms. The Morgan fingerprint density at radius 2 is 1.95 bits per heavy atom. The predicted molar refractivity (Wildman–Crippen MR) is 81.7 cm³/mol. The fraction of sp³-hybridized carbons (Fsp3) is 0.500. The van der Waals surface area contributed by atoms with E-state index >= 15 is 0 Å². The average molecular weight is 273 g/mol. The molecule has 0 unspecified atom stereocenters. The van der Waals surface area contributed by atoms with Gasteiger partial charge in [-0.05, 0) is 26.0 Å². The molecule has 0 bridgehead atoms. The lowest BCUT2D eigenvalue weighted by Gasteiger charge is -2.13. The highest BCUT2D eigenvalue weighted by atomic mass is 16.1. The predicted octanol–water partition coefficient (Wildman–Crippen LogP) is 2.93. The fourth-order valence-electron chi connectivity index (χ4n) is 2.35. The monoisotopic (exact) mass is 273 g/mol. The summed E-state index contributed by atoms with van der Waals surface area (Å²) >= 11 is 0. The summed E-state index contributed by atoms with van der Waals surface area (Å²) in [5.41, 5.74) is 2.18. The van der Waals surface area contributed by atoms with Gasteiger partial charge in [-0.25, -0.2) is 4.98 Å². The van der Waals surface area contributed by atoms with Gasteiger partial charge in [-0.2, -0.15) is 0 Å². The molecule has 108 valence electrons. The van der Waals surface area contributed by atoms with Gasteiger partial charge >= 0.3 is 0 Å². The van der Waals surface area contributed by atoms with Crippen LogP contribution in [-0.2, 0) is 11.2 Å². The summed E-state index contributed by atoms with van der Waals surface area (Å²) in [6, 6.07) is 8.53. The zero-order valence-corrected chi connectivity index (χ0v) is 12.7.